The van der Waals surface area contributed by atoms with Gasteiger partial charge in [-0.25, -0.2) is 0 Å². The number of hydrogen-bond donors (Lipinski definition) is 1. The summed E-state index contributed by atoms with van der Waals surface area (Å²) < 4.78 is 1.81. The molecular weight excluding hydrogens is 258 g/mol. The van der Waals surface area contributed by atoms with Gasteiger partial charge in [0.05, 0.1) is 5.69 Å². The minimum absolute atomic E-state index is 0.418. The first kappa shape index (κ1) is 13.4. The second-order valence-electron chi connectivity index (χ2n) is 6.60. The maximum absolute atomic E-state index is 6.42. The summed E-state index contributed by atoms with van der Waals surface area (Å²) in [7, 11) is 1.93. The fourth-order valence-electron chi connectivity index (χ4n) is 4.00. The van der Waals surface area contributed by atoms with Crippen molar-refractivity contribution in [2.45, 2.75) is 39.5 Å². The van der Waals surface area contributed by atoms with Crippen LogP contribution in [0.15, 0.2) is 0 Å². The Morgan fingerprint density at radius 3 is 2.63 bits per heavy atom. The molecule has 19 heavy (non-hydrogen) atoms. The molecule has 106 valence electrons. The Hall–Kier alpha value is -0.540. The second kappa shape index (κ2) is 4.78. The number of nitrogens with one attached hydrogen (secondary N) is 1. The van der Waals surface area contributed by atoms with Crippen LogP contribution in [0.2, 0.25) is 5.15 Å². The van der Waals surface area contributed by atoms with Crippen LogP contribution in [0.4, 0.5) is 0 Å². The van der Waals surface area contributed by atoms with Gasteiger partial charge in [0.2, 0.25) is 0 Å². The minimum atomic E-state index is 0.418. The van der Waals surface area contributed by atoms with Crippen LogP contribution in [0.25, 0.3) is 0 Å². The summed E-state index contributed by atoms with van der Waals surface area (Å²) in [5.74, 6) is 1.99. The summed E-state index contributed by atoms with van der Waals surface area (Å²) in [6.45, 7) is 6.45. The molecule has 2 aliphatic carbocycles. The molecule has 0 amide bonds. The van der Waals surface area contributed by atoms with Crippen molar-refractivity contribution in [3.8, 4) is 0 Å². The third kappa shape index (κ3) is 2.43. The van der Waals surface area contributed by atoms with Gasteiger partial charge in [-0.15, -0.1) is 0 Å². The third-order valence-corrected chi connectivity index (χ3v) is 5.50. The molecular formula is C15H24ClN3. The molecule has 2 aliphatic rings. The van der Waals surface area contributed by atoms with Gasteiger partial charge in [-0.1, -0.05) is 18.5 Å². The maximum Gasteiger partial charge on any atom is 0.130 e. The first-order valence-electron chi connectivity index (χ1n) is 7.43. The highest BCUT2D eigenvalue weighted by Crippen LogP contribution is 2.60. The van der Waals surface area contributed by atoms with E-state index in [1.165, 1.54) is 24.8 Å². The summed E-state index contributed by atoms with van der Waals surface area (Å²) in [6, 6.07) is 0. The minimum Gasteiger partial charge on any atom is -0.316 e. The number of rotatable bonds is 5. The van der Waals surface area contributed by atoms with Gasteiger partial charge >= 0.3 is 0 Å². The van der Waals surface area contributed by atoms with Crippen molar-refractivity contribution < 1.29 is 0 Å². The molecule has 0 spiro atoms. The molecule has 0 aromatic carbocycles. The third-order valence-electron chi connectivity index (χ3n) is 5.03. The van der Waals surface area contributed by atoms with E-state index >= 15 is 0 Å². The molecule has 0 radical (unpaired) electrons. The molecule has 2 fully saturated rings. The number of aromatic nitrogens is 2. The average molecular weight is 282 g/mol. The van der Waals surface area contributed by atoms with Crippen LogP contribution in [0.5, 0.6) is 0 Å². The number of fused-ring (bicyclic) bond motifs is 1. The van der Waals surface area contributed by atoms with E-state index in [-0.39, 0.29) is 0 Å². The molecule has 0 aliphatic heterocycles. The average Bonchev–Trinajstić information content (AvgIpc) is 2.93. The first-order valence-corrected chi connectivity index (χ1v) is 7.81. The van der Waals surface area contributed by atoms with Crippen molar-refractivity contribution in [1.82, 2.24) is 15.1 Å². The highest BCUT2D eigenvalue weighted by Gasteiger charge is 2.53. The van der Waals surface area contributed by atoms with E-state index < -0.39 is 0 Å². The van der Waals surface area contributed by atoms with Crippen molar-refractivity contribution in [2.24, 2.45) is 24.3 Å². The van der Waals surface area contributed by atoms with Gasteiger partial charge in [0.1, 0.15) is 5.15 Å². The molecule has 1 N–H and O–H groups in total. The molecule has 3 nitrogen and oxygen atoms in total. The van der Waals surface area contributed by atoms with Crippen LogP contribution in [-0.4, -0.2) is 22.9 Å². The summed E-state index contributed by atoms with van der Waals surface area (Å²) in [6.07, 6.45) is 5.30. The van der Waals surface area contributed by atoms with Crippen molar-refractivity contribution in [1.29, 1.82) is 0 Å². The van der Waals surface area contributed by atoms with Crippen LogP contribution in [0, 0.1) is 24.2 Å². The summed E-state index contributed by atoms with van der Waals surface area (Å²) in [5.41, 5.74) is 2.79. The Morgan fingerprint density at radius 2 is 2.11 bits per heavy atom. The Kier molecular flexibility index (Phi) is 3.38. The lowest BCUT2D eigenvalue weighted by atomic mass is 9.77. The fourth-order valence-corrected chi connectivity index (χ4v) is 4.24. The predicted molar refractivity (Wildman–Crippen MR) is 78.5 cm³/mol. The Labute approximate surface area is 120 Å². The quantitative estimate of drug-likeness (QED) is 0.899. The van der Waals surface area contributed by atoms with Gasteiger partial charge in [-0.2, -0.15) is 5.10 Å². The van der Waals surface area contributed by atoms with E-state index in [1.54, 1.807) is 0 Å². The van der Waals surface area contributed by atoms with Gasteiger partial charge in [-0.05, 0) is 56.4 Å². The van der Waals surface area contributed by atoms with Crippen LogP contribution < -0.4 is 5.32 Å². The highest BCUT2D eigenvalue weighted by atomic mass is 35.5. The van der Waals surface area contributed by atoms with Gasteiger partial charge in [0, 0.05) is 19.2 Å². The largest absolute Gasteiger partial charge is 0.316 e. The molecule has 0 bridgehead atoms. The smallest absolute Gasteiger partial charge is 0.130 e. The molecule has 1 aromatic heterocycles. The molecule has 4 heteroatoms. The molecule has 2 atom stereocenters. The van der Waals surface area contributed by atoms with Crippen LogP contribution in [0.1, 0.15) is 37.4 Å². The van der Waals surface area contributed by atoms with E-state index in [4.69, 9.17) is 11.6 Å². The van der Waals surface area contributed by atoms with Crippen LogP contribution >= 0.6 is 11.6 Å². The molecule has 1 aromatic rings. The number of hydrogen-bond acceptors (Lipinski definition) is 2. The zero-order chi connectivity index (χ0) is 13.6. The van der Waals surface area contributed by atoms with E-state index in [1.807, 2.05) is 11.7 Å². The topological polar surface area (TPSA) is 29.9 Å². The lowest BCUT2D eigenvalue weighted by Crippen LogP contribution is -2.35. The standard InChI is InChI=1S/C15H24ClN3/c1-4-17-9-15(6-11-5-12(11)7-15)8-13-10(2)18-19(3)14(13)16/h11-12,17H,4-9H2,1-3H3. The molecule has 3 rings (SSSR count). The predicted octanol–water partition coefficient (Wildman–Crippen LogP) is 2.95. The van der Waals surface area contributed by atoms with Gasteiger partial charge in [0.25, 0.3) is 0 Å². The molecule has 2 saturated carbocycles. The Morgan fingerprint density at radius 1 is 1.42 bits per heavy atom. The summed E-state index contributed by atoms with van der Waals surface area (Å²) >= 11 is 6.42. The number of halogens is 1. The van der Waals surface area contributed by atoms with Crippen LogP contribution in [0.3, 0.4) is 0 Å². The monoisotopic (exact) mass is 281 g/mol. The SMILES string of the molecule is CCNCC1(Cc2c(C)nn(C)c2Cl)CC2CC2C1. The summed E-state index contributed by atoms with van der Waals surface area (Å²) in [5, 5.41) is 8.85. The lowest BCUT2D eigenvalue weighted by molar-refractivity contribution is 0.250. The van der Waals surface area contributed by atoms with E-state index in [0.29, 0.717) is 5.41 Å². The normalized spacial score (nSPS) is 32.6. The second-order valence-corrected chi connectivity index (χ2v) is 6.96. The zero-order valence-corrected chi connectivity index (χ0v) is 12.9. The van der Waals surface area contributed by atoms with E-state index in [2.05, 4.69) is 24.3 Å². The number of nitrogens with zero attached hydrogens (tertiary/aromatic N) is 2. The van der Waals surface area contributed by atoms with Gasteiger partial charge in [-0.3, -0.25) is 4.68 Å². The lowest BCUT2D eigenvalue weighted by Gasteiger charge is -2.31. The molecule has 0 saturated heterocycles. The van der Waals surface area contributed by atoms with Crippen LogP contribution in [-0.2, 0) is 13.5 Å². The van der Waals surface area contributed by atoms with Gasteiger partial charge < -0.3 is 5.32 Å². The Balaban J connectivity index is 1.81. The number of aryl methyl sites for hydroxylation is 2. The fraction of sp³-hybridized carbons (Fsp3) is 0.800. The molecule has 2 unspecified atom stereocenters. The first-order chi connectivity index (χ1) is 9.04. The van der Waals surface area contributed by atoms with Crippen molar-refractivity contribution in [2.75, 3.05) is 13.1 Å². The summed E-state index contributed by atoms with van der Waals surface area (Å²) in [4.78, 5) is 0. The van der Waals surface area contributed by atoms with E-state index in [9.17, 15) is 0 Å². The van der Waals surface area contributed by atoms with Gasteiger partial charge in [0.15, 0.2) is 0 Å². The van der Waals surface area contributed by atoms with E-state index in [0.717, 1.165) is 42.2 Å². The van der Waals surface area contributed by atoms with Crippen molar-refractivity contribution in [3.05, 3.63) is 16.4 Å². The van der Waals surface area contributed by atoms with Crippen molar-refractivity contribution in [3.63, 3.8) is 0 Å². The Bertz CT molecular complexity index is 470. The maximum atomic E-state index is 6.42. The zero-order valence-electron chi connectivity index (χ0n) is 12.2. The van der Waals surface area contributed by atoms with Crippen molar-refractivity contribution >= 4 is 11.6 Å². The molecule has 1 heterocycles. The highest BCUT2D eigenvalue weighted by molar-refractivity contribution is 6.30.